The van der Waals surface area contributed by atoms with Gasteiger partial charge in [0.2, 0.25) is 5.91 Å². The van der Waals surface area contributed by atoms with Crippen LogP contribution in [0.5, 0.6) is 0 Å². The van der Waals surface area contributed by atoms with Gasteiger partial charge in [0, 0.05) is 24.6 Å². The first-order valence-corrected chi connectivity index (χ1v) is 7.45. The Morgan fingerprint density at radius 3 is 2.61 bits per heavy atom. The minimum atomic E-state index is -0.893. The van der Waals surface area contributed by atoms with Crippen LogP contribution in [0.1, 0.15) is 45.9 Å². The molecule has 3 atom stereocenters. The van der Waals surface area contributed by atoms with Crippen LogP contribution in [-0.2, 0) is 9.53 Å². The van der Waals surface area contributed by atoms with Crippen LogP contribution < -0.4 is 11.1 Å². The highest BCUT2D eigenvalue weighted by atomic mass is 35.5. The predicted molar refractivity (Wildman–Crippen MR) is 96.0 cm³/mol. The second-order valence-electron chi connectivity index (χ2n) is 6.29. The van der Waals surface area contributed by atoms with Crippen molar-refractivity contribution >= 4 is 30.7 Å². The van der Waals surface area contributed by atoms with E-state index in [-0.39, 0.29) is 48.3 Å². The number of nitrogens with two attached hydrogens (primary N) is 1. The Morgan fingerprint density at radius 2 is 2.13 bits per heavy atom. The molecular weight excluding hydrogens is 337 g/mol. The van der Waals surface area contributed by atoms with Crippen LogP contribution in [-0.4, -0.2) is 29.1 Å². The predicted octanol–water partition coefficient (Wildman–Crippen LogP) is 2.63. The number of amides is 1. The van der Waals surface area contributed by atoms with Gasteiger partial charge in [0.05, 0.1) is 17.8 Å². The Kier molecular flexibility index (Phi) is 7.97. The van der Waals surface area contributed by atoms with E-state index in [1.807, 2.05) is 45.9 Å². The molecule has 0 aliphatic heterocycles. The molecule has 7 heteroatoms. The Labute approximate surface area is 150 Å². The van der Waals surface area contributed by atoms with E-state index >= 15 is 0 Å². The molecule has 0 bridgehead atoms. The maximum atomic E-state index is 12.6. The van der Waals surface area contributed by atoms with Crippen LogP contribution in [0.4, 0.5) is 0 Å². The van der Waals surface area contributed by atoms with Gasteiger partial charge in [-0.1, -0.05) is 19.9 Å². The number of rotatable bonds is 5. The van der Waals surface area contributed by atoms with Crippen molar-refractivity contribution in [2.24, 2.45) is 11.1 Å². The topological polar surface area (TPSA) is 77.2 Å². The number of carbonyl (C=O) groups is 1. The molecule has 3 N–H and O–H groups in total. The maximum absolute atomic E-state index is 12.6. The molecule has 1 aliphatic rings. The van der Waals surface area contributed by atoms with Gasteiger partial charge >= 0.3 is 0 Å². The van der Waals surface area contributed by atoms with E-state index in [1.165, 1.54) is 0 Å². The summed E-state index contributed by atoms with van der Waals surface area (Å²) >= 11 is 0. The number of carbonyl (C=O) groups excluding carboxylic acids is 1. The van der Waals surface area contributed by atoms with Crippen molar-refractivity contribution in [3.8, 4) is 0 Å². The number of halogens is 2. The fraction of sp³-hybridized carbons (Fsp3) is 0.625. The number of nitrogens with zero attached hydrogens (tertiary/aromatic N) is 1. The first kappa shape index (κ1) is 22.1. The van der Waals surface area contributed by atoms with Gasteiger partial charge in [0.1, 0.15) is 5.54 Å². The molecule has 5 nitrogen and oxygen atoms in total. The van der Waals surface area contributed by atoms with Gasteiger partial charge in [0.25, 0.3) is 0 Å². The van der Waals surface area contributed by atoms with E-state index < -0.39 is 5.54 Å². The van der Waals surface area contributed by atoms with Crippen molar-refractivity contribution < 1.29 is 9.53 Å². The van der Waals surface area contributed by atoms with E-state index in [4.69, 9.17) is 10.5 Å². The van der Waals surface area contributed by atoms with Crippen LogP contribution in [0.25, 0.3) is 0 Å². The zero-order chi connectivity index (χ0) is 15.7. The van der Waals surface area contributed by atoms with Crippen LogP contribution in [0.3, 0.4) is 0 Å². The zero-order valence-corrected chi connectivity index (χ0v) is 15.7. The number of nitrogens with one attached hydrogen (secondary N) is 1. The molecule has 1 aliphatic carbocycles. The average Bonchev–Trinajstić information content (AvgIpc) is 2.47. The lowest BCUT2D eigenvalue weighted by atomic mass is 9.54. The first-order chi connectivity index (χ1) is 9.83. The van der Waals surface area contributed by atoms with Gasteiger partial charge in [-0.2, -0.15) is 0 Å². The highest BCUT2D eigenvalue weighted by Crippen LogP contribution is 2.50. The van der Waals surface area contributed by atoms with Crippen LogP contribution in [0.15, 0.2) is 24.4 Å². The number of hydrogen-bond donors (Lipinski definition) is 2. The highest BCUT2D eigenvalue weighted by molar-refractivity contribution is 5.89. The molecule has 1 aromatic rings. The summed E-state index contributed by atoms with van der Waals surface area (Å²) in [6, 6.07) is 5.48. The molecule has 0 radical (unpaired) electrons. The second kappa shape index (κ2) is 8.29. The minimum Gasteiger partial charge on any atom is -0.378 e. The summed E-state index contributed by atoms with van der Waals surface area (Å²) in [4.78, 5) is 16.8. The summed E-state index contributed by atoms with van der Waals surface area (Å²) in [7, 11) is 0. The molecule has 0 saturated heterocycles. The van der Waals surface area contributed by atoms with Crippen molar-refractivity contribution in [3.05, 3.63) is 30.1 Å². The van der Waals surface area contributed by atoms with Crippen molar-refractivity contribution in [3.63, 3.8) is 0 Å². The van der Waals surface area contributed by atoms with Gasteiger partial charge in [0.15, 0.2) is 0 Å². The lowest BCUT2D eigenvalue weighted by molar-refractivity contribution is -0.171. The Hall–Kier alpha value is -0.880. The van der Waals surface area contributed by atoms with Gasteiger partial charge in [-0.25, -0.2) is 0 Å². The van der Waals surface area contributed by atoms with Crippen LogP contribution >= 0.6 is 24.8 Å². The maximum Gasteiger partial charge on any atom is 0.241 e. The molecule has 132 valence electrons. The van der Waals surface area contributed by atoms with Crippen LogP contribution in [0, 0.1) is 5.41 Å². The molecule has 1 aromatic heterocycles. The van der Waals surface area contributed by atoms with Crippen molar-refractivity contribution in [2.75, 3.05) is 6.61 Å². The Morgan fingerprint density at radius 1 is 1.48 bits per heavy atom. The Bertz CT molecular complexity index is 513. The first-order valence-electron chi connectivity index (χ1n) is 7.45. The molecule has 1 amide bonds. The summed E-state index contributed by atoms with van der Waals surface area (Å²) in [5, 5.41) is 2.97. The standard InChI is InChI=1S/C16H25N3O2.2ClH/c1-5-21-13-10-16(17,15(13,3)4)14(20)19-11(2)12-8-6-7-9-18-12;;/h6-9,11,13H,5,10,17H2,1-4H3,(H,19,20);2*1H. The van der Waals surface area contributed by atoms with E-state index in [1.54, 1.807) is 6.20 Å². The van der Waals surface area contributed by atoms with Crippen molar-refractivity contribution in [1.82, 2.24) is 10.3 Å². The lowest BCUT2D eigenvalue weighted by Crippen LogP contribution is -2.75. The number of aromatic nitrogens is 1. The molecule has 1 saturated carbocycles. The van der Waals surface area contributed by atoms with Crippen molar-refractivity contribution in [2.45, 2.75) is 51.8 Å². The fourth-order valence-electron chi connectivity index (χ4n) is 2.85. The van der Waals surface area contributed by atoms with Gasteiger partial charge < -0.3 is 15.8 Å². The van der Waals surface area contributed by atoms with E-state index in [0.717, 1.165) is 5.69 Å². The van der Waals surface area contributed by atoms with Gasteiger partial charge in [-0.05, 0) is 26.0 Å². The molecule has 1 heterocycles. The normalized spacial score (nSPS) is 26.0. The third-order valence-electron chi connectivity index (χ3n) is 4.71. The largest absolute Gasteiger partial charge is 0.378 e. The minimum absolute atomic E-state index is 0. The molecular formula is C16H27Cl2N3O2. The monoisotopic (exact) mass is 363 g/mol. The SMILES string of the molecule is CCOC1CC(N)(C(=O)NC(C)c2ccccn2)C1(C)C.Cl.Cl. The number of hydrogen-bond acceptors (Lipinski definition) is 4. The average molecular weight is 364 g/mol. The van der Waals surface area contributed by atoms with Gasteiger partial charge in [-0.15, -0.1) is 24.8 Å². The third kappa shape index (κ3) is 3.97. The lowest BCUT2D eigenvalue weighted by Gasteiger charge is -2.57. The molecule has 0 aromatic carbocycles. The van der Waals surface area contributed by atoms with Crippen LogP contribution in [0.2, 0.25) is 0 Å². The quantitative estimate of drug-likeness (QED) is 0.842. The summed E-state index contributed by atoms with van der Waals surface area (Å²) in [5.41, 5.74) is 5.91. The van der Waals surface area contributed by atoms with Gasteiger partial charge in [-0.3, -0.25) is 9.78 Å². The number of ether oxygens (including phenoxy) is 1. The summed E-state index contributed by atoms with van der Waals surface area (Å²) in [6.45, 7) is 8.48. The second-order valence-corrected chi connectivity index (χ2v) is 6.29. The molecule has 23 heavy (non-hydrogen) atoms. The molecule has 0 spiro atoms. The molecule has 3 unspecified atom stereocenters. The van der Waals surface area contributed by atoms with E-state index in [2.05, 4.69) is 10.3 Å². The summed E-state index contributed by atoms with van der Waals surface area (Å²) < 4.78 is 5.66. The van der Waals surface area contributed by atoms with E-state index in [0.29, 0.717) is 13.0 Å². The summed E-state index contributed by atoms with van der Waals surface area (Å²) in [5.74, 6) is -0.137. The zero-order valence-electron chi connectivity index (χ0n) is 14.0. The van der Waals surface area contributed by atoms with E-state index in [9.17, 15) is 4.79 Å². The van der Waals surface area contributed by atoms with Crippen molar-refractivity contribution in [1.29, 1.82) is 0 Å². The summed E-state index contributed by atoms with van der Waals surface area (Å²) in [6.07, 6.45) is 2.30. The third-order valence-corrected chi connectivity index (χ3v) is 4.71. The number of pyridine rings is 1. The highest BCUT2D eigenvalue weighted by Gasteiger charge is 2.62. The molecule has 2 rings (SSSR count). The smallest absolute Gasteiger partial charge is 0.241 e. The fourth-order valence-corrected chi connectivity index (χ4v) is 2.85. The Balaban J connectivity index is 0.00000242. The molecule has 1 fully saturated rings.